The summed E-state index contributed by atoms with van der Waals surface area (Å²) in [6.07, 6.45) is 2.90. The molecule has 0 aromatic heterocycles. The Bertz CT molecular complexity index is 163. The number of ether oxygens (including phenoxy) is 1. The van der Waals surface area contributed by atoms with Crippen molar-refractivity contribution in [3.05, 3.63) is 0 Å². The maximum absolute atomic E-state index is 5.30. The average molecular weight is 200 g/mol. The minimum Gasteiger partial charge on any atom is -0.380 e. The molecule has 1 aliphatic rings. The fourth-order valence-corrected chi connectivity index (χ4v) is 2.01. The van der Waals surface area contributed by atoms with Gasteiger partial charge in [-0.3, -0.25) is 0 Å². The Kier molecular flexibility index (Phi) is 4.85. The van der Waals surface area contributed by atoms with Crippen LogP contribution in [0.4, 0.5) is 0 Å². The van der Waals surface area contributed by atoms with Gasteiger partial charge in [-0.15, -0.1) is 0 Å². The first-order valence-electron chi connectivity index (χ1n) is 5.61. The first kappa shape index (κ1) is 12.0. The highest BCUT2D eigenvalue weighted by molar-refractivity contribution is 4.80. The summed E-state index contributed by atoms with van der Waals surface area (Å²) in [5.41, 5.74) is 0. The fourth-order valence-electron chi connectivity index (χ4n) is 2.01. The van der Waals surface area contributed by atoms with Crippen LogP contribution in [-0.2, 0) is 4.74 Å². The molecule has 1 aliphatic heterocycles. The highest BCUT2D eigenvalue weighted by Gasteiger charge is 2.20. The molecule has 0 aliphatic carbocycles. The fraction of sp³-hybridized carbons (Fsp3) is 1.00. The summed E-state index contributed by atoms with van der Waals surface area (Å²) in [5, 5.41) is 3.63. The van der Waals surface area contributed by atoms with Crippen molar-refractivity contribution in [2.75, 3.05) is 27.2 Å². The highest BCUT2D eigenvalue weighted by atomic mass is 16.5. The van der Waals surface area contributed by atoms with Crippen molar-refractivity contribution in [3.63, 3.8) is 0 Å². The average Bonchev–Trinajstić information content (AvgIpc) is 2.16. The molecule has 84 valence electrons. The maximum Gasteiger partial charge on any atom is 0.0693 e. The Morgan fingerprint density at radius 3 is 2.71 bits per heavy atom. The first-order valence-corrected chi connectivity index (χ1v) is 5.61. The summed E-state index contributed by atoms with van der Waals surface area (Å²) in [7, 11) is 3.97. The maximum atomic E-state index is 5.30. The number of hydrogen-bond donors (Lipinski definition) is 1. The predicted octanol–water partition coefficient (Wildman–Crippen LogP) is 1.09. The van der Waals surface area contributed by atoms with E-state index in [1.807, 2.05) is 0 Å². The van der Waals surface area contributed by atoms with E-state index in [0.717, 1.165) is 0 Å². The van der Waals surface area contributed by atoms with E-state index in [9.17, 15) is 0 Å². The van der Waals surface area contributed by atoms with E-state index < -0.39 is 0 Å². The van der Waals surface area contributed by atoms with Crippen LogP contribution in [0.1, 0.15) is 26.7 Å². The second-order valence-corrected chi connectivity index (χ2v) is 4.50. The number of piperidine rings is 1. The standard InChI is InChI=1S/C11H24N2O/c1-9(10(2)14-4)12-11-6-5-7-13(3)8-11/h9-12H,5-8H2,1-4H3. The van der Waals surface area contributed by atoms with E-state index >= 15 is 0 Å². The molecular formula is C11H24N2O. The molecule has 1 heterocycles. The van der Waals surface area contributed by atoms with Crippen LogP contribution in [0, 0.1) is 0 Å². The molecule has 0 saturated carbocycles. The third kappa shape index (κ3) is 3.56. The molecule has 0 spiro atoms. The van der Waals surface area contributed by atoms with Gasteiger partial charge in [0.15, 0.2) is 0 Å². The number of nitrogens with one attached hydrogen (secondary N) is 1. The van der Waals surface area contributed by atoms with Gasteiger partial charge in [0.25, 0.3) is 0 Å². The van der Waals surface area contributed by atoms with Crippen LogP contribution in [0.3, 0.4) is 0 Å². The molecule has 0 bridgehead atoms. The smallest absolute Gasteiger partial charge is 0.0693 e. The minimum absolute atomic E-state index is 0.294. The van der Waals surface area contributed by atoms with Gasteiger partial charge >= 0.3 is 0 Å². The summed E-state index contributed by atoms with van der Waals surface area (Å²) >= 11 is 0. The lowest BCUT2D eigenvalue weighted by Gasteiger charge is -2.33. The van der Waals surface area contributed by atoms with Gasteiger partial charge in [-0.25, -0.2) is 0 Å². The molecule has 14 heavy (non-hydrogen) atoms. The molecule has 0 aromatic carbocycles. The Balaban J connectivity index is 2.28. The molecule has 1 saturated heterocycles. The van der Waals surface area contributed by atoms with Crippen molar-refractivity contribution in [1.29, 1.82) is 0 Å². The molecule has 1 rings (SSSR count). The third-order valence-corrected chi connectivity index (χ3v) is 3.20. The van der Waals surface area contributed by atoms with E-state index in [4.69, 9.17) is 4.74 Å². The Morgan fingerprint density at radius 2 is 2.14 bits per heavy atom. The van der Waals surface area contributed by atoms with Crippen molar-refractivity contribution in [2.24, 2.45) is 0 Å². The molecule has 3 unspecified atom stereocenters. The molecule has 3 heteroatoms. The summed E-state index contributed by atoms with van der Waals surface area (Å²) in [4.78, 5) is 2.39. The van der Waals surface area contributed by atoms with Gasteiger partial charge in [0.2, 0.25) is 0 Å². The van der Waals surface area contributed by atoms with Gasteiger partial charge in [0.05, 0.1) is 6.10 Å². The van der Waals surface area contributed by atoms with Gasteiger partial charge in [0.1, 0.15) is 0 Å². The molecular weight excluding hydrogens is 176 g/mol. The molecule has 0 aromatic rings. The summed E-state index contributed by atoms with van der Waals surface area (Å²) < 4.78 is 5.30. The first-order chi connectivity index (χ1) is 6.63. The summed E-state index contributed by atoms with van der Waals surface area (Å²) in [5.74, 6) is 0. The molecule has 3 nitrogen and oxygen atoms in total. The van der Waals surface area contributed by atoms with Crippen LogP contribution >= 0.6 is 0 Å². The van der Waals surface area contributed by atoms with Gasteiger partial charge in [-0.1, -0.05) is 0 Å². The molecule has 0 amide bonds. The minimum atomic E-state index is 0.294. The van der Waals surface area contributed by atoms with Crippen LogP contribution in [0.15, 0.2) is 0 Å². The lowest BCUT2D eigenvalue weighted by molar-refractivity contribution is 0.0784. The van der Waals surface area contributed by atoms with Crippen molar-refractivity contribution in [1.82, 2.24) is 10.2 Å². The van der Waals surface area contributed by atoms with Crippen LogP contribution in [0.5, 0.6) is 0 Å². The highest BCUT2D eigenvalue weighted by Crippen LogP contribution is 2.09. The van der Waals surface area contributed by atoms with Crippen LogP contribution in [-0.4, -0.2) is 50.3 Å². The van der Waals surface area contributed by atoms with E-state index in [1.54, 1.807) is 7.11 Å². The number of nitrogens with zero attached hydrogens (tertiary/aromatic N) is 1. The number of rotatable bonds is 4. The van der Waals surface area contributed by atoms with Gasteiger partial charge in [-0.2, -0.15) is 0 Å². The molecule has 1 fully saturated rings. The second kappa shape index (κ2) is 5.69. The van der Waals surface area contributed by atoms with Crippen LogP contribution < -0.4 is 5.32 Å². The number of methoxy groups -OCH3 is 1. The van der Waals surface area contributed by atoms with Crippen molar-refractivity contribution in [2.45, 2.75) is 44.9 Å². The van der Waals surface area contributed by atoms with E-state index in [1.165, 1.54) is 25.9 Å². The van der Waals surface area contributed by atoms with E-state index in [2.05, 4.69) is 31.1 Å². The predicted molar refractivity (Wildman–Crippen MR) is 59.6 cm³/mol. The summed E-state index contributed by atoms with van der Waals surface area (Å²) in [6.45, 7) is 6.72. The van der Waals surface area contributed by atoms with E-state index in [0.29, 0.717) is 18.2 Å². The quantitative estimate of drug-likeness (QED) is 0.735. The van der Waals surface area contributed by atoms with E-state index in [-0.39, 0.29) is 0 Å². The number of likely N-dealkylation sites (N-methyl/N-ethyl adjacent to an activating group) is 1. The Hall–Kier alpha value is -0.120. The SMILES string of the molecule is COC(C)C(C)NC1CCCN(C)C1. The zero-order chi connectivity index (χ0) is 10.6. The Labute approximate surface area is 87.8 Å². The van der Waals surface area contributed by atoms with Gasteiger partial charge < -0.3 is 15.0 Å². The van der Waals surface area contributed by atoms with Gasteiger partial charge in [0, 0.05) is 25.7 Å². The monoisotopic (exact) mass is 200 g/mol. The largest absolute Gasteiger partial charge is 0.380 e. The summed E-state index contributed by atoms with van der Waals surface area (Å²) in [6, 6.07) is 1.08. The third-order valence-electron chi connectivity index (χ3n) is 3.20. The van der Waals surface area contributed by atoms with Crippen molar-refractivity contribution >= 4 is 0 Å². The normalized spacial score (nSPS) is 28.7. The molecule has 0 radical (unpaired) electrons. The lowest BCUT2D eigenvalue weighted by Crippen LogP contribution is -2.50. The van der Waals surface area contributed by atoms with Crippen LogP contribution in [0.25, 0.3) is 0 Å². The topological polar surface area (TPSA) is 24.5 Å². The van der Waals surface area contributed by atoms with Crippen molar-refractivity contribution < 1.29 is 4.74 Å². The zero-order valence-corrected chi connectivity index (χ0v) is 9.92. The zero-order valence-electron chi connectivity index (χ0n) is 9.92. The number of likely N-dealkylation sites (tertiary alicyclic amines) is 1. The lowest BCUT2D eigenvalue weighted by atomic mass is 10.0. The Morgan fingerprint density at radius 1 is 1.43 bits per heavy atom. The molecule has 3 atom stereocenters. The number of hydrogen-bond acceptors (Lipinski definition) is 3. The molecule has 1 N–H and O–H groups in total. The second-order valence-electron chi connectivity index (χ2n) is 4.50. The van der Waals surface area contributed by atoms with Crippen molar-refractivity contribution in [3.8, 4) is 0 Å². The van der Waals surface area contributed by atoms with Crippen LogP contribution in [0.2, 0.25) is 0 Å². The van der Waals surface area contributed by atoms with Gasteiger partial charge in [-0.05, 0) is 40.3 Å².